The first kappa shape index (κ1) is 18.5. The van der Waals surface area contributed by atoms with Crippen molar-refractivity contribution in [3.05, 3.63) is 36.8 Å². The van der Waals surface area contributed by atoms with Crippen LogP contribution in [0.2, 0.25) is 0 Å². The Labute approximate surface area is 158 Å². The monoisotopic (exact) mass is 364 g/mol. The number of nitrogens with zero attached hydrogens (tertiary/aromatic N) is 6. The maximum atomic E-state index is 5.90. The van der Waals surface area contributed by atoms with Crippen LogP contribution >= 0.6 is 0 Å². The van der Waals surface area contributed by atoms with E-state index in [1.165, 1.54) is 0 Å². The fraction of sp³-hybridized carbons (Fsp3) is 0.316. The lowest BCUT2D eigenvalue weighted by Gasteiger charge is -2.02. The van der Waals surface area contributed by atoms with E-state index in [-0.39, 0.29) is 5.96 Å². The summed E-state index contributed by atoms with van der Waals surface area (Å²) in [6.07, 6.45) is 9.49. The van der Waals surface area contributed by atoms with Crippen molar-refractivity contribution in [3.8, 4) is 11.1 Å². The van der Waals surface area contributed by atoms with Gasteiger partial charge in [-0.15, -0.1) is 0 Å². The normalized spacial score (nSPS) is 12.7. The fourth-order valence-electron chi connectivity index (χ4n) is 2.69. The molecule has 0 spiro atoms. The van der Waals surface area contributed by atoms with Crippen molar-refractivity contribution in [1.29, 1.82) is 0 Å². The lowest BCUT2D eigenvalue weighted by molar-refractivity contribution is 0.740. The molecule has 3 heterocycles. The molecule has 0 radical (unpaired) electrons. The summed E-state index contributed by atoms with van der Waals surface area (Å²) in [6, 6.07) is 5.57. The highest BCUT2D eigenvalue weighted by Gasteiger charge is 2.05. The average Bonchev–Trinajstić information content (AvgIpc) is 3.07. The molecule has 27 heavy (non-hydrogen) atoms. The van der Waals surface area contributed by atoms with Gasteiger partial charge >= 0.3 is 0 Å². The van der Waals surface area contributed by atoms with E-state index in [1.54, 1.807) is 23.1 Å². The summed E-state index contributed by atoms with van der Waals surface area (Å²) < 4.78 is 1.75. The Kier molecular flexibility index (Phi) is 5.75. The molecule has 0 aliphatic carbocycles. The highest BCUT2D eigenvalue weighted by molar-refractivity contribution is 5.95. The first-order valence-electron chi connectivity index (χ1n) is 8.98. The maximum absolute atomic E-state index is 5.90. The minimum Gasteiger partial charge on any atom is -0.387 e. The molecule has 140 valence electrons. The predicted octanol–water partition coefficient (Wildman–Crippen LogP) is 2.91. The summed E-state index contributed by atoms with van der Waals surface area (Å²) in [5.74, 6) is 1.06. The quantitative estimate of drug-likeness (QED) is 0.396. The molecular weight excluding hydrogens is 340 g/mol. The molecule has 0 aliphatic rings. The van der Waals surface area contributed by atoms with Gasteiger partial charge in [-0.1, -0.05) is 19.8 Å². The molecule has 0 fully saturated rings. The van der Waals surface area contributed by atoms with Gasteiger partial charge in [0.25, 0.3) is 0 Å². The minimum atomic E-state index is 0.104. The topological polar surface area (TPSA) is 120 Å². The minimum absolute atomic E-state index is 0.104. The first-order chi connectivity index (χ1) is 13.0. The van der Waals surface area contributed by atoms with Crippen LogP contribution in [-0.4, -0.2) is 31.5 Å². The Bertz CT molecular complexity index is 986. The van der Waals surface area contributed by atoms with E-state index in [2.05, 4.69) is 32.0 Å². The smallest absolute Gasteiger partial charge is 0.223 e. The molecule has 3 aromatic heterocycles. The highest BCUT2D eigenvalue weighted by Crippen LogP contribution is 2.22. The van der Waals surface area contributed by atoms with E-state index >= 15 is 0 Å². The zero-order valence-corrected chi connectivity index (χ0v) is 15.6. The molecular formula is C19H24N8. The van der Waals surface area contributed by atoms with Gasteiger partial charge in [0, 0.05) is 37.0 Å². The number of fused-ring (bicyclic) bond motifs is 1. The van der Waals surface area contributed by atoms with Crippen LogP contribution in [0.5, 0.6) is 0 Å². The van der Waals surface area contributed by atoms with Crippen LogP contribution in [0.25, 0.3) is 22.2 Å². The fourth-order valence-corrected chi connectivity index (χ4v) is 2.69. The number of hydrogen-bond acceptors (Lipinski definition) is 4. The van der Waals surface area contributed by atoms with Gasteiger partial charge in [0.15, 0.2) is 5.82 Å². The number of unbranched alkanes of at least 4 members (excludes halogenated alkanes) is 2. The van der Waals surface area contributed by atoms with Crippen molar-refractivity contribution in [3.63, 3.8) is 0 Å². The van der Waals surface area contributed by atoms with Crippen molar-refractivity contribution in [2.24, 2.45) is 28.5 Å². The molecule has 0 unspecified atom stereocenters. The van der Waals surface area contributed by atoms with Gasteiger partial charge in [-0.3, -0.25) is 9.67 Å². The number of aromatic nitrogens is 4. The second kappa shape index (κ2) is 8.39. The zero-order chi connectivity index (χ0) is 19.2. The van der Waals surface area contributed by atoms with Gasteiger partial charge in [-0.05, 0) is 24.6 Å². The molecule has 8 heteroatoms. The standard InChI is InChI=1S/C19H24N8/c1-3-4-5-6-17(20)25-19(21)26-18-8-7-15-16(24-18)9-13(10-22-15)14-11-23-27(2)12-14/h7-12H,3-6H2,1-2H3,(H4,20,21,24,25,26). The number of guanidine groups is 1. The van der Waals surface area contributed by atoms with Gasteiger partial charge in [-0.2, -0.15) is 10.1 Å². The van der Waals surface area contributed by atoms with Crippen LogP contribution in [0.3, 0.4) is 0 Å². The molecule has 0 atom stereocenters. The predicted molar refractivity (Wildman–Crippen MR) is 109 cm³/mol. The average molecular weight is 364 g/mol. The lowest BCUT2D eigenvalue weighted by atomic mass is 10.1. The van der Waals surface area contributed by atoms with Crippen LogP contribution in [0.1, 0.15) is 32.6 Å². The molecule has 4 N–H and O–H groups in total. The largest absolute Gasteiger partial charge is 0.387 e. The van der Waals surface area contributed by atoms with E-state index in [9.17, 15) is 0 Å². The van der Waals surface area contributed by atoms with Crippen LogP contribution in [0.15, 0.2) is 46.8 Å². The molecule has 0 aliphatic heterocycles. The summed E-state index contributed by atoms with van der Waals surface area (Å²) in [5, 5.41) is 4.19. The van der Waals surface area contributed by atoms with Crippen LogP contribution in [0, 0.1) is 0 Å². The van der Waals surface area contributed by atoms with E-state index in [1.807, 2.05) is 25.4 Å². The van der Waals surface area contributed by atoms with E-state index in [4.69, 9.17) is 11.5 Å². The summed E-state index contributed by atoms with van der Waals surface area (Å²) in [6.45, 7) is 2.14. The summed E-state index contributed by atoms with van der Waals surface area (Å²) in [5.41, 5.74) is 15.2. The number of pyridine rings is 2. The molecule has 0 bridgehead atoms. The molecule has 8 nitrogen and oxygen atoms in total. The van der Waals surface area contributed by atoms with E-state index in [0.717, 1.165) is 41.4 Å². The molecule has 0 aromatic carbocycles. The Hall–Kier alpha value is -3.29. The third-order valence-electron chi connectivity index (χ3n) is 4.08. The summed E-state index contributed by atoms with van der Waals surface area (Å²) >= 11 is 0. The van der Waals surface area contributed by atoms with Gasteiger partial charge in [0.1, 0.15) is 5.84 Å². The number of amidine groups is 1. The van der Waals surface area contributed by atoms with Crippen LogP contribution in [0.4, 0.5) is 5.82 Å². The van der Waals surface area contributed by atoms with Gasteiger partial charge < -0.3 is 11.5 Å². The third-order valence-corrected chi connectivity index (χ3v) is 4.08. The number of hydrogen-bond donors (Lipinski definition) is 2. The molecule has 3 rings (SSSR count). The molecule has 0 saturated heterocycles. The Morgan fingerprint density at radius 1 is 1.11 bits per heavy atom. The Balaban J connectivity index is 1.83. The second-order valence-electron chi connectivity index (χ2n) is 6.36. The highest BCUT2D eigenvalue weighted by atomic mass is 15.2. The Morgan fingerprint density at radius 2 is 1.96 bits per heavy atom. The third kappa shape index (κ3) is 4.87. The lowest BCUT2D eigenvalue weighted by Crippen LogP contribution is -2.18. The van der Waals surface area contributed by atoms with E-state index < -0.39 is 0 Å². The van der Waals surface area contributed by atoms with Crippen molar-refractivity contribution < 1.29 is 0 Å². The number of rotatable bonds is 6. The summed E-state index contributed by atoms with van der Waals surface area (Å²) in [7, 11) is 1.88. The zero-order valence-electron chi connectivity index (χ0n) is 15.6. The van der Waals surface area contributed by atoms with Crippen molar-refractivity contribution in [2.75, 3.05) is 0 Å². The van der Waals surface area contributed by atoms with Crippen LogP contribution < -0.4 is 11.5 Å². The van der Waals surface area contributed by atoms with E-state index in [0.29, 0.717) is 18.1 Å². The van der Waals surface area contributed by atoms with Crippen LogP contribution in [-0.2, 0) is 7.05 Å². The maximum Gasteiger partial charge on any atom is 0.223 e. The van der Waals surface area contributed by atoms with Crippen molar-refractivity contribution in [1.82, 2.24) is 19.7 Å². The molecule has 0 saturated carbocycles. The Morgan fingerprint density at radius 3 is 2.70 bits per heavy atom. The van der Waals surface area contributed by atoms with Crippen molar-refractivity contribution >= 4 is 28.6 Å². The first-order valence-corrected chi connectivity index (χ1v) is 8.98. The summed E-state index contributed by atoms with van der Waals surface area (Å²) in [4.78, 5) is 17.4. The van der Waals surface area contributed by atoms with Crippen molar-refractivity contribution in [2.45, 2.75) is 32.6 Å². The van der Waals surface area contributed by atoms with Gasteiger partial charge in [0.05, 0.1) is 17.2 Å². The number of nitrogens with two attached hydrogens (primary N) is 2. The number of aliphatic imine (C=N–C) groups is 2. The molecule has 0 amide bonds. The van der Waals surface area contributed by atoms with Gasteiger partial charge in [-0.25, -0.2) is 9.98 Å². The SMILES string of the molecule is CCCCC/C(N)=N/C(N)=Nc1ccc2ncc(-c3cnn(C)c3)cc2n1. The van der Waals surface area contributed by atoms with Gasteiger partial charge in [0.2, 0.25) is 5.96 Å². The second-order valence-corrected chi connectivity index (χ2v) is 6.36. The molecule has 3 aromatic rings. The number of aryl methyl sites for hydroxylation is 1.